The maximum absolute atomic E-state index is 13.1. The van der Waals surface area contributed by atoms with Crippen LogP contribution in [-0.4, -0.2) is 96.7 Å². The summed E-state index contributed by atoms with van der Waals surface area (Å²) in [4.78, 5) is 72.7. The van der Waals surface area contributed by atoms with Gasteiger partial charge < -0.3 is 33.8 Å². The van der Waals surface area contributed by atoms with Gasteiger partial charge in [-0.2, -0.15) is 0 Å². The zero-order valence-electron chi connectivity index (χ0n) is 60.0. The van der Waals surface area contributed by atoms with E-state index in [-0.39, 0.29) is 25.7 Å². The van der Waals surface area contributed by atoms with Crippen LogP contribution in [0.3, 0.4) is 0 Å². The topological polar surface area (TPSA) is 237 Å². The number of aliphatic hydroxyl groups is 1. The molecule has 19 heteroatoms. The van der Waals surface area contributed by atoms with Gasteiger partial charge in [-0.25, -0.2) is 9.13 Å². The van der Waals surface area contributed by atoms with Crippen LogP contribution in [0, 0.1) is 17.8 Å². The summed E-state index contributed by atoms with van der Waals surface area (Å²) < 4.78 is 68.4. The third-order valence-corrected chi connectivity index (χ3v) is 19.1. The highest BCUT2D eigenvalue weighted by Crippen LogP contribution is 2.45. The van der Waals surface area contributed by atoms with Crippen molar-refractivity contribution < 1.29 is 80.2 Å². The summed E-state index contributed by atoms with van der Waals surface area (Å²) >= 11 is 0. The Morgan fingerprint density at radius 3 is 0.826 bits per heavy atom. The van der Waals surface area contributed by atoms with Crippen LogP contribution in [0.2, 0.25) is 0 Å². The van der Waals surface area contributed by atoms with Crippen molar-refractivity contribution in [2.45, 2.75) is 388 Å². The molecule has 0 amide bonds. The molecule has 0 bridgehead atoms. The summed E-state index contributed by atoms with van der Waals surface area (Å²) in [5.74, 6) is 0.196. The van der Waals surface area contributed by atoms with Crippen LogP contribution < -0.4 is 0 Å². The van der Waals surface area contributed by atoms with Crippen LogP contribution in [0.25, 0.3) is 0 Å². The molecule has 6 atom stereocenters. The van der Waals surface area contributed by atoms with Crippen LogP contribution in [0.1, 0.15) is 370 Å². The number of esters is 4. The Kier molecular flexibility index (Phi) is 62.4. The second kappa shape index (κ2) is 63.8. The molecular weight excluding hydrogens is 1210 g/mol. The number of carbonyl (C=O) groups is 4. The zero-order valence-corrected chi connectivity index (χ0v) is 61.8. The first kappa shape index (κ1) is 90.1. The number of ether oxygens (including phenoxy) is 4. The molecule has 0 saturated carbocycles. The molecule has 0 radical (unpaired) electrons. The Bertz CT molecular complexity index is 1800. The standard InChI is InChI=1S/C73H142O17P2/c1-8-10-11-12-13-14-18-25-33-40-47-54-70(75)83-61-69(90-73(78)57-50-43-36-29-28-32-39-46-53-66(7)9-2)63-88-92(81,82)86-59-67(74)58-85-91(79,80)87-62-68(60-84-71(76)55-48-41-34-26-22-17-20-24-31-38-45-52-65(5)6)89-72(77)56-49-42-35-27-21-16-15-19-23-30-37-44-51-64(3)4/h64-69,74H,8-63H2,1-7H3,(H,79,80)(H,81,82)/t66?,67-,68-,69-/m1/s1. The number of carbonyl (C=O) groups excluding carboxylic acids is 4. The number of rotatable bonds is 71. The van der Waals surface area contributed by atoms with E-state index in [0.29, 0.717) is 25.7 Å². The van der Waals surface area contributed by atoms with E-state index in [9.17, 15) is 43.2 Å². The summed E-state index contributed by atoms with van der Waals surface area (Å²) in [7, 11) is -9.91. The van der Waals surface area contributed by atoms with E-state index in [1.165, 1.54) is 180 Å². The van der Waals surface area contributed by atoms with Gasteiger partial charge in [0.25, 0.3) is 0 Å². The molecule has 3 unspecified atom stereocenters. The minimum absolute atomic E-state index is 0.105. The third-order valence-electron chi connectivity index (χ3n) is 17.2. The summed E-state index contributed by atoms with van der Waals surface area (Å²) in [6, 6.07) is 0. The summed E-state index contributed by atoms with van der Waals surface area (Å²) in [5, 5.41) is 10.6. The zero-order chi connectivity index (χ0) is 68.0. The van der Waals surface area contributed by atoms with Gasteiger partial charge in [-0.1, -0.05) is 318 Å². The van der Waals surface area contributed by atoms with Crippen molar-refractivity contribution in [3.63, 3.8) is 0 Å². The van der Waals surface area contributed by atoms with Gasteiger partial charge in [-0.3, -0.25) is 37.3 Å². The van der Waals surface area contributed by atoms with Crippen LogP contribution in [0.15, 0.2) is 0 Å². The van der Waals surface area contributed by atoms with Gasteiger partial charge >= 0.3 is 39.5 Å². The van der Waals surface area contributed by atoms with Crippen molar-refractivity contribution >= 4 is 39.5 Å². The Morgan fingerprint density at radius 2 is 0.554 bits per heavy atom. The number of hydrogen-bond acceptors (Lipinski definition) is 15. The Hall–Kier alpha value is -1.94. The molecule has 0 aliphatic carbocycles. The molecular formula is C73H142O17P2. The van der Waals surface area contributed by atoms with Gasteiger partial charge in [-0.05, 0) is 43.4 Å². The predicted octanol–water partition coefficient (Wildman–Crippen LogP) is 21.0. The molecule has 0 saturated heterocycles. The first-order chi connectivity index (χ1) is 44.3. The Morgan fingerprint density at radius 1 is 0.315 bits per heavy atom. The fraction of sp³-hybridized carbons (Fsp3) is 0.945. The van der Waals surface area contributed by atoms with Crippen LogP contribution in [0.4, 0.5) is 0 Å². The Balaban J connectivity index is 5.27. The molecule has 0 rings (SSSR count). The molecule has 0 spiro atoms. The highest BCUT2D eigenvalue weighted by atomic mass is 31.2. The van der Waals surface area contributed by atoms with Gasteiger partial charge in [0.2, 0.25) is 0 Å². The van der Waals surface area contributed by atoms with Gasteiger partial charge in [-0.15, -0.1) is 0 Å². The molecule has 0 aromatic rings. The van der Waals surface area contributed by atoms with E-state index < -0.39 is 97.5 Å². The van der Waals surface area contributed by atoms with Crippen molar-refractivity contribution in [2.75, 3.05) is 39.6 Å². The van der Waals surface area contributed by atoms with E-state index >= 15 is 0 Å². The quantitative estimate of drug-likeness (QED) is 0.0222. The number of phosphoric ester groups is 2. The lowest BCUT2D eigenvalue weighted by molar-refractivity contribution is -0.161. The minimum Gasteiger partial charge on any atom is -0.462 e. The average molecular weight is 1350 g/mol. The second-order valence-corrected chi connectivity index (χ2v) is 30.4. The Labute approximate surface area is 562 Å². The average Bonchev–Trinajstić information content (AvgIpc) is 2.15. The van der Waals surface area contributed by atoms with E-state index in [1.807, 2.05) is 0 Å². The number of hydrogen-bond donors (Lipinski definition) is 3. The van der Waals surface area contributed by atoms with Gasteiger partial charge in [0, 0.05) is 25.7 Å². The SMILES string of the molecule is CCCCCCCCCCCCCC(=O)OC[C@H](COP(=O)(O)OC[C@H](O)COP(=O)(O)OC[C@@H](COC(=O)CCCCCCCCCCCCCC(C)C)OC(=O)CCCCCCCCCCCCCCC(C)C)OC(=O)CCCCCCCCCCC(C)CC. The first-order valence-electron chi connectivity index (χ1n) is 37.9. The fourth-order valence-corrected chi connectivity index (χ4v) is 12.6. The summed E-state index contributed by atoms with van der Waals surface area (Å²) in [6.45, 7) is 11.9. The number of unbranched alkanes of at least 4 members (excludes halogenated alkanes) is 38. The van der Waals surface area contributed by atoms with Gasteiger partial charge in [0.1, 0.15) is 19.3 Å². The van der Waals surface area contributed by atoms with Crippen molar-refractivity contribution in [3.05, 3.63) is 0 Å². The highest BCUT2D eigenvalue weighted by molar-refractivity contribution is 7.47. The predicted molar refractivity (Wildman–Crippen MR) is 372 cm³/mol. The van der Waals surface area contributed by atoms with Crippen molar-refractivity contribution in [1.82, 2.24) is 0 Å². The molecule has 0 fully saturated rings. The monoisotopic (exact) mass is 1350 g/mol. The largest absolute Gasteiger partial charge is 0.472 e. The lowest BCUT2D eigenvalue weighted by atomic mass is 9.99. The molecule has 0 heterocycles. The second-order valence-electron chi connectivity index (χ2n) is 27.5. The number of aliphatic hydroxyl groups excluding tert-OH is 1. The molecule has 3 N–H and O–H groups in total. The molecule has 17 nitrogen and oxygen atoms in total. The molecule has 0 aliphatic rings. The van der Waals surface area contributed by atoms with Crippen LogP contribution in [0.5, 0.6) is 0 Å². The van der Waals surface area contributed by atoms with E-state index in [4.69, 9.17) is 37.0 Å². The molecule has 546 valence electrons. The van der Waals surface area contributed by atoms with Crippen LogP contribution >= 0.6 is 15.6 Å². The minimum atomic E-state index is -4.96. The number of phosphoric acid groups is 2. The van der Waals surface area contributed by atoms with Crippen molar-refractivity contribution in [3.8, 4) is 0 Å². The molecule has 0 aliphatic heterocycles. The van der Waals surface area contributed by atoms with Crippen molar-refractivity contribution in [2.24, 2.45) is 17.8 Å². The normalized spacial score (nSPS) is 14.4. The van der Waals surface area contributed by atoms with E-state index in [0.717, 1.165) is 108 Å². The van der Waals surface area contributed by atoms with E-state index in [1.54, 1.807) is 0 Å². The summed E-state index contributed by atoms with van der Waals surface area (Å²) in [6.07, 6.45) is 48.4. The van der Waals surface area contributed by atoms with Gasteiger partial charge in [0.15, 0.2) is 12.2 Å². The maximum Gasteiger partial charge on any atom is 0.472 e. The first-order valence-corrected chi connectivity index (χ1v) is 40.9. The van der Waals surface area contributed by atoms with E-state index in [2.05, 4.69) is 48.5 Å². The summed E-state index contributed by atoms with van der Waals surface area (Å²) in [5.41, 5.74) is 0. The lowest BCUT2D eigenvalue weighted by Gasteiger charge is -2.21. The van der Waals surface area contributed by atoms with Crippen LogP contribution in [-0.2, 0) is 65.4 Å². The molecule has 92 heavy (non-hydrogen) atoms. The maximum atomic E-state index is 13.1. The van der Waals surface area contributed by atoms with Gasteiger partial charge in [0.05, 0.1) is 26.4 Å². The molecule has 0 aromatic carbocycles. The molecule has 0 aromatic heterocycles. The lowest BCUT2D eigenvalue weighted by Crippen LogP contribution is -2.30. The third kappa shape index (κ3) is 65.4. The highest BCUT2D eigenvalue weighted by Gasteiger charge is 2.30. The van der Waals surface area contributed by atoms with Crippen molar-refractivity contribution in [1.29, 1.82) is 0 Å². The smallest absolute Gasteiger partial charge is 0.462 e. The fourth-order valence-electron chi connectivity index (χ4n) is 11.0.